The molecule has 1 unspecified atom stereocenters. The van der Waals surface area contributed by atoms with Crippen LogP contribution in [0.2, 0.25) is 0 Å². The number of likely N-dealkylation sites (N-methyl/N-ethyl adjacent to an activating group) is 1. The van der Waals surface area contributed by atoms with Crippen LogP contribution < -0.4 is 0 Å². The van der Waals surface area contributed by atoms with Gasteiger partial charge in [-0.15, -0.1) is 0 Å². The van der Waals surface area contributed by atoms with E-state index in [4.69, 9.17) is 5.11 Å². The van der Waals surface area contributed by atoms with Crippen LogP contribution in [0.1, 0.15) is 13.3 Å². The fourth-order valence-corrected chi connectivity index (χ4v) is 1.57. The van der Waals surface area contributed by atoms with Gasteiger partial charge in [0, 0.05) is 20.1 Å². The first kappa shape index (κ1) is 11.5. The first-order valence-corrected chi connectivity index (χ1v) is 4.78. The Hall–Kier alpha value is -1.59. The summed E-state index contributed by atoms with van der Waals surface area (Å²) in [6, 6.07) is -0.893. The lowest BCUT2D eigenvalue weighted by molar-refractivity contribution is -0.161. The highest BCUT2D eigenvalue weighted by molar-refractivity contribution is 6.35. The highest BCUT2D eigenvalue weighted by Gasteiger charge is 2.36. The largest absolute Gasteiger partial charge is 0.480 e. The average molecular weight is 214 g/mol. The number of aliphatic carboxylic acids is 1. The topological polar surface area (TPSA) is 77.9 Å². The molecule has 1 atom stereocenters. The van der Waals surface area contributed by atoms with E-state index in [2.05, 4.69) is 0 Å². The van der Waals surface area contributed by atoms with E-state index in [1.54, 1.807) is 6.92 Å². The van der Waals surface area contributed by atoms with Crippen molar-refractivity contribution in [2.45, 2.75) is 19.4 Å². The molecule has 0 aromatic heterocycles. The summed E-state index contributed by atoms with van der Waals surface area (Å²) < 4.78 is 0. The fraction of sp³-hybridized carbons (Fsp3) is 0.667. The van der Waals surface area contributed by atoms with Gasteiger partial charge < -0.3 is 14.9 Å². The minimum absolute atomic E-state index is 0.284. The zero-order valence-electron chi connectivity index (χ0n) is 8.77. The van der Waals surface area contributed by atoms with Crippen molar-refractivity contribution in [3.63, 3.8) is 0 Å². The Balaban J connectivity index is 2.83. The zero-order valence-corrected chi connectivity index (χ0v) is 8.77. The quantitative estimate of drug-likeness (QED) is 0.621. The SMILES string of the molecule is CCC(C(=O)O)N1CCN(C)C(=O)C1=O. The second kappa shape index (κ2) is 4.29. The second-order valence-corrected chi connectivity index (χ2v) is 3.49. The molecule has 15 heavy (non-hydrogen) atoms. The molecule has 1 aliphatic heterocycles. The second-order valence-electron chi connectivity index (χ2n) is 3.49. The number of rotatable bonds is 3. The first-order valence-electron chi connectivity index (χ1n) is 4.78. The molecule has 6 heteroatoms. The Kier molecular flexibility index (Phi) is 3.28. The number of hydrogen-bond donors (Lipinski definition) is 1. The lowest BCUT2D eigenvalue weighted by Crippen LogP contribution is -2.57. The standard InChI is InChI=1S/C9H14N2O4/c1-3-6(9(14)15)11-5-4-10(2)7(12)8(11)13/h6H,3-5H2,1-2H3,(H,14,15). The number of amides is 2. The molecule has 6 nitrogen and oxygen atoms in total. The van der Waals surface area contributed by atoms with E-state index in [0.717, 1.165) is 4.90 Å². The maximum atomic E-state index is 11.5. The normalized spacial score (nSPS) is 19.3. The maximum Gasteiger partial charge on any atom is 0.326 e. The number of carbonyl (C=O) groups excluding carboxylic acids is 2. The van der Waals surface area contributed by atoms with Crippen LogP contribution in [0.25, 0.3) is 0 Å². The Morgan fingerprint density at radius 1 is 1.40 bits per heavy atom. The molecule has 1 rings (SSSR count). The third-order valence-electron chi connectivity index (χ3n) is 2.51. The highest BCUT2D eigenvalue weighted by Crippen LogP contribution is 2.10. The maximum absolute atomic E-state index is 11.5. The third-order valence-corrected chi connectivity index (χ3v) is 2.51. The lowest BCUT2D eigenvalue weighted by atomic mass is 10.1. The molecule has 1 aliphatic rings. The molecule has 0 spiro atoms. The molecule has 1 fully saturated rings. The van der Waals surface area contributed by atoms with Crippen LogP contribution in [0.15, 0.2) is 0 Å². The number of carboxylic acids is 1. The molecule has 1 N–H and O–H groups in total. The molecular formula is C9H14N2O4. The molecule has 0 radical (unpaired) electrons. The van der Waals surface area contributed by atoms with Gasteiger partial charge in [-0.1, -0.05) is 6.92 Å². The van der Waals surface area contributed by atoms with Crippen LogP contribution in [-0.2, 0) is 14.4 Å². The van der Waals surface area contributed by atoms with Crippen LogP contribution >= 0.6 is 0 Å². The molecule has 84 valence electrons. The Bertz CT molecular complexity index is 302. The summed E-state index contributed by atoms with van der Waals surface area (Å²) in [5.41, 5.74) is 0. The van der Waals surface area contributed by atoms with Crippen molar-refractivity contribution in [1.29, 1.82) is 0 Å². The van der Waals surface area contributed by atoms with Crippen LogP contribution in [0.5, 0.6) is 0 Å². The zero-order chi connectivity index (χ0) is 11.6. The number of nitrogens with zero attached hydrogens (tertiary/aromatic N) is 2. The van der Waals surface area contributed by atoms with Gasteiger partial charge in [-0.25, -0.2) is 4.79 Å². The fourth-order valence-electron chi connectivity index (χ4n) is 1.57. The summed E-state index contributed by atoms with van der Waals surface area (Å²) in [4.78, 5) is 36.1. The number of piperazine rings is 1. The van der Waals surface area contributed by atoms with E-state index >= 15 is 0 Å². The van der Waals surface area contributed by atoms with Gasteiger partial charge in [-0.3, -0.25) is 9.59 Å². The van der Waals surface area contributed by atoms with Crippen molar-refractivity contribution < 1.29 is 19.5 Å². The lowest BCUT2D eigenvalue weighted by Gasteiger charge is -2.34. The van der Waals surface area contributed by atoms with Crippen LogP contribution in [0, 0.1) is 0 Å². The van der Waals surface area contributed by atoms with Gasteiger partial charge in [0.05, 0.1) is 0 Å². The summed E-state index contributed by atoms with van der Waals surface area (Å²) in [5.74, 6) is -2.43. The predicted molar refractivity (Wildman–Crippen MR) is 51.1 cm³/mol. The molecule has 0 aromatic carbocycles. The Labute approximate surface area is 87.5 Å². The van der Waals surface area contributed by atoms with Crippen LogP contribution in [-0.4, -0.2) is 58.9 Å². The van der Waals surface area contributed by atoms with Gasteiger partial charge in [0.1, 0.15) is 6.04 Å². The molecule has 1 heterocycles. The van der Waals surface area contributed by atoms with Gasteiger partial charge in [0.25, 0.3) is 0 Å². The minimum atomic E-state index is -1.07. The summed E-state index contributed by atoms with van der Waals surface area (Å²) in [5, 5.41) is 8.88. The molecule has 0 saturated carbocycles. The van der Waals surface area contributed by atoms with Crippen molar-refractivity contribution in [3.8, 4) is 0 Å². The van der Waals surface area contributed by atoms with Crippen molar-refractivity contribution in [2.24, 2.45) is 0 Å². The molecule has 0 bridgehead atoms. The molecule has 1 saturated heterocycles. The summed E-state index contributed by atoms with van der Waals surface area (Å²) >= 11 is 0. The van der Waals surface area contributed by atoms with Gasteiger partial charge in [0.15, 0.2) is 0 Å². The van der Waals surface area contributed by atoms with Crippen molar-refractivity contribution >= 4 is 17.8 Å². The smallest absolute Gasteiger partial charge is 0.326 e. The average Bonchev–Trinajstić information content (AvgIpc) is 2.18. The van der Waals surface area contributed by atoms with Gasteiger partial charge >= 0.3 is 17.8 Å². The molecular weight excluding hydrogens is 200 g/mol. The van der Waals surface area contributed by atoms with Gasteiger partial charge in [-0.05, 0) is 6.42 Å². The minimum Gasteiger partial charge on any atom is -0.480 e. The predicted octanol–water partition coefficient (Wildman–Crippen LogP) is -0.850. The highest BCUT2D eigenvalue weighted by atomic mass is 16.4. The summed E-state index contributed by atoms with van der Waals surface area (Å²) in [6.07, 6.45) is 0.304. The van der Waals surface area contributed by atoms with Gasteiger partial charge in [0.2, 0.25) is 0 Å². The first-order chi connectivity index (χ1) is 6.99. The number of hydrogen-bond acceptors (Lipinski definition) is 3. The molecule has 0 aliphatic carbocycles. The van der Waals surface area contributed by atoms with Crippen molar-refractivity contribution in [2.75, 3.05) is 20.1 Å². The number of carbonyl (C=O) groups is 3. The van der Waals surface area contributed by atoms with E-state index in [9.17, 15) is 14.4 Å². The van der Waals surface area contributed by atoms with E-state index in [1.807, 2.05) is 0 Å². The monoisotopic (exact) mass is 214 g/mol. The Morgan fingerprint density at radius 3 is 2.47 bits per heavy atom. The Morgan fingerprint density at radius 2 is 2.00 bits per heavy atom. The van der Waals surface area contributed by atoms with E-state index < -0.39 is 23.8 Å². The summed E-state index contributed by atoms with van der Waals surface area (Å²) in [7, 11) is 1.53. The number of carboxylic acid groups (broad SMARTS) is 1. The van der Waals surface area contributed by atoms with Crippen LogP contribution in [0.4, 0.5) is 0 Å². The molecule has 2 amide bonds. The van der Waals surface area contributed by atoms with Crippen molar-refractivity contribution in [1.82, 2.24) is 9.80 Å². The van der Waals surface area contributed by atoms with E-state index in [0.29, 0.717) is 13.0 Å². The summed E-state index contributed by atoms with van der Waals surface area (Å²) in [6.45, 7) is 2.34. The van der Waals surface area contributed by atoms with Crippen molar-refractivity contribution in [3.05, 3.63) is 0 Å². The van der Waals surface area contributed by atoms with E-state index in [1.165, 1.54) is 11.9 Å². The van der Waals surface area contributed by atoms with Crippen LogP contribution in [0.3, 0.4) is 0 Å². The van der Waals surface area contributed by atoms with Gasteiger partial charge in [-0.2, -0.15) is 0 Å². The molecule has 0 aromatic rings. The third kappa shape index (κ3) is 2.08. The van der Waals surface area contributed by atoms with E-state index in [-0.39, 0.29) is 6.54 Å².